The summed E-state index contributed by atoms with van der Waals surface area (Å²) in [5.41, 5.74) is 1.36. The second kappa shape index (κ2) is 8.59. The number of benzene rings is 1. The van der Waals surface area contributed by atoms with Crippen LogP contribution in [-0.4, -0.2) is 52.3 Å². The van der Waals surface area contributed by atoms with Gasteiger partial charge in [-0.1, -0.05) is 6.07 Å². The molecule has 1 N–H and O–H groups in total. The van der Waals surface area contributed by atoms with Crippen molar-refractivity contribution in [1.29, 1.82) is 0 Å². The maximum absolute atomic E-state index is 14.5. The maximum Gasteiger partial charge on any atom is 0.194 e. The molecule has 0 aliphatic carbocycles. The second-order valence-corrected chi connectivity index (χ2v) is 7.95. The lowest BCUT2D eigenvalue weighted by Crippen LogP contribution is -2.41. The minimum absolute atomic E-state index is 0. The first kappa shape index (κ1) is 20.6. The summed E-state index contributed by atoms with van der Waals surface area (Å²) < 4.78 is 22.2. The molecular weight excluding hydrogens is 484 g/mol. The molecule has 6 nitrogen and oxygen atoms in total. The van der Waals surface area contributed by atoms with Crippen LogP contribution in [0.4, 0.5) is 4.39 Å². The molecule has 29 heavy (non-hydrogen) atoms. The number of nitrogens with zero attached hydrogens (tertiary/aromatic N) is 4. The Kier molecular flexibility index (Phi) is 6.10. The number of hydrogen-bond donors (Lipinski definition) is 1. The second-order valence-electron chi connectivity index (χ2n) is 7.95. The number of likely N-dealkylation sites (tertiary alicyclic amines) is 1. The van der Waals surface area contributed by atoms with Crippen molar-refractivity contribution in [2.75, 3.05) is 19.6 Å². The first-order chi connectivity index (χ1) is 13.7. The molecule has 1 aromatic carbocycles. The number of halogens is 2. The van der Waals surface area contributed by atoms with Crippen LogP contribution in [0.15, 0.2) is 41.9 Å². The minimum Gasteiger partial charge on any atom is -0.374 e. The number of ether oxygens (including phenoxy) is 1. The van der Waals surface area contributed by atoms with E-state index in [0.29, 0.717) is 36.3 Å². The van der Waals surface area contributed by atoms with Gasteiger partial charge >= 0.3 is 0 Å². The Morgan fingerprint density at radius 3 is 2.66 bits per heavy atom. The van der Waals surface area contributed by atoms with Crippen LogP contribution < -0.4 is 5.32 Å². The van der Waals surface area contributed by atoms with Crippen LogP contribution in [0.25, 0.3) is 5.69 Å². The fourth-order valence-corrected chi connectivity index (χ4v) is 4.98. The molecule has 4 atom stereocenters. The summed E-state index contributed by atoms with van der Waals surface area (Å²) in [5.74, 6) is 1.93. The number of aromatic nitrogens is 2. The number of imidazole rings is 1. The average molecular weight is 511 g/mol. The molecule has 2 bridgehead atoms. The Labute approximate surface area is 187 Å². The fraction of sp³-hybridized carbons (Fsp3) is 0.524. The molecule has 0 spiro atoms. The highest BCUT2D eigenvalue weighted by atomic mass is 127. The van der Waals surface area contributed by atoms with Gasteiger partial charge in [-0.25, -0.2) is 14.4 Å². The molecule has 0 amide bonds. The maximum atomic E-state index is 14.5. The minimum atomic E-state index is -0.264. The summed E-state index contributed by atoms with van der Waals surface area (Å²) >= 11 is 0. The van der Waals surface area contributed by atoms with Gasteiger partial charge < -0.3 is 19.5 Å². The van der Waals surface area contributed by atoms with Crippen LogP contribution >= 0.6 is 24.0 Å². The van der Waals surface area contributed by atoms with Crippen molar-refractivity contribution in [2.24, 2.45) is 16.8 Å². The van der Waals surface area contributed by atoms with Crippen LogP contribution in [0.2, 0.25) is 0 Å². The predicted molar refractivity (Wildman–Crippen MR) is 120 cm³/mol. The van der Waals surface area contributed by atoms with Crippen LogP contribution in [-0.2, 0) is 11.3 Å². The van der Waals surface area contributed by atoms with Gasteiger partial charge in [-0.05, 0) is 37.5 Å². The Balaban J connectivity index is 0.00000205. The quantitative estimate of drug-likeness (QED) is 0.390. The van der Waals surface area contributed by atoms with Crippen molar-refractivity contribution >= 4 is 29.9 Å². The van der Waals surface area contributed by atoms with Crippen LogP contribution in [0.1, 0.15) is 25.3 Å². The van der Waals surface area contributed by atoms with Crippen molar-refractivity contribution in [3.63, 3.8) is 0 Å². The molecule has 5 rings (SSSR count). The molecule has 156 valence electrons. The molecule has 1 aromatic heterocycles. The molecular formula is C21H27FIN5O. The molecule has 4 heterocycles. The first-order valence-corrected chi connectivity index (χ1v) is 10.2. The third-order valence-corrected chi connectivity index (χ3v) is 6.29. The number of rotatable bonds is 4. The average Bonchev–Trinajstić information content (AvgIpc) is 3.47. The van der Waals surface area contributed by atoms with Gasteiger partial charge in [0.25, 0.3) is 0 Å². The lowest BCUT2D eigenvalue weighted by molar-refractivity contribution is 0.0767. The van der Waals surface area contributed by atoms with E-state index in [4.69, 9.17) is 9.73 Å². The van der Waals surface area contributed by atoms with Gasteiger partial charge in [-0.3, -0.25) is 0 Å². The lowest BCUT2D eigenvalue weighted by Gasteiger charge is -2.23. The molecule has 4 unspecified atom stereocenters. The summed E-state index contributed by atoms with van der Waals surface area (Å²) in [5, 5.41) is 3.41. The number of hydrogen-bond acceptors (Lipinski definition) is 3. The SMILES string of the molecule is CCNC(=NCc1ccc(-n2ccnc2)c(F)c1)N1CC2C3CCC(O3)C2C1.I. The van der Waals surface area contributed by atoms with Gasteiger partial charge in [0.1, 0.15) is 5.82 Å². The fourth-order valence-electron chi connectivity index (χ4n) is 4.98. The van der Waals surface area contributed by atoms with Gasteiger partial charge in [-0.2, -0.15) is 0 Å². The van der Waals surface area contributed by atoms with E-state index in [1.807, 2.05) is 6.07 Å². The monoisotopic (exact) mass is 511 g/mol. The molecule has 3 saturated heterocycles. The smallest absolute Gasteiger partial charge is 0.194 e. The highest BCUT2D eigenvalue weighted by molar-refractivity contribution is 14.0. The summed E-state index contributed by atoms with van der Waals surface area (Å²) in [7, 11) is 0. The van der Waals surface area contributed by atoms with Gasteiger partial charge in [0.05, 0.1) is 30.8 Å². The number of guanidine groups is 1. The molecule has 8 heteroatoms. The molecule has 0 saturated carbocycles. The zero-order valence-corrected chi connectivity index (χ0v) is 18.8. The molecule has 3 aliphatic heterocycles. The van der Waals surface area contributed by atoms with E-state index < -0.39 is 0 Å². The van der Waals surface area contributed by atoms with E-state index in [1.165, 1.54) is 12.8 Å². The third-order valence-electron chi connectivity index (χ3n) is 6.29. The van der Waals surface area contributed by atoms with Gasteiger partial charge in [-0.15, -0.1) is 24.0 Å². The van der Waals surface area contributed by atoms with E-state index >= 15 is 0 Å². The van der Waals surface area contributed by atoms with Crippen molar-refractivity contribution in [3.05, 3.63) is 48.3 Å². The van der Waals surface area contributed by atoms with E-state index in [9.17, 15) is 4.39 Å². The molecule has 0 radical (unpaired) electrons. The summed E-state index contributed by atoms with van der Waals surface area (Å²) in [4.78, 5) is 11.1. The van der Waals surface area contributed by atoms with Gasteiger partial charge in [0.15, 0.2) is 5.96 Å². The highest BCUT2D eigenvalue weighted by Gasteiger charge is 2.53. The Hall–Kier alpha value is -1.68. The summed E-state index contributed by atoms with van der Waals surface area (Å²) in [6.45, 7) is 5.37. The Morgan fingerprint density at radius 2 is 2.03 bits per heavy atom. The normalized spacial score (nSPS) is 27.8. The Bertz CT molecular complexity index is 856. The van der Waals surface area contributed by atoms with Crippen LogP contribution in [0, 0.1) is 17.7 Å². The van der Waals surface area contributed by atoms with E-state index in [2.05, 4.69) is 22.1 Å². The topological polar surface area (TPSA) is 54.7 Å². The van der Waals surface area contributed by atoms with Crippen LogP contribution in [0.3, 0.4) is 0 Å². The molecule has 3 aliphatic rings. The van der Waals surface area contributed by atoms with Crippen molar-refractivity contribution < 1.29 is 9.13 Å². The lowest BCUT2D eigenvalue weighted by atomic mass is 9.82. The molecule has 2 aromatic rings. The zero-order chi connectivity index (χ0) is 19.1. The van der Waals surface area contributed by atoms with Gasteiger partial charge in [0, 0.05) is 43.9 Å². The van der Waals surface area contributed by atoms with Gasteiger partial charge in [0.2, 0.25) is 0 Å². The van der Waals surface area contributed by atoms with E-state index in [-0.39, 0.29) is 29.8 Å². The zero-order valence-electron chi connectivity index (χ0n) is 16.5. The largest absolute Gasteiger partial charge is 0.374 e. The highest BCUT2D eigenvalue weighted by Crippen LogP contribution is 2.47. The number of fused-ring (bicyclic) bond motifs is 5. The van der Waals surface area contributed by atoms with E-state index in [0.717, 1.165) is 31.2 Å². The summed E-state index contributed by atoms with van der Waals surface area (Å²) in [6.07, 6.45) is 8.26. The molecule has 3 fully saturated rings. The third kappa shape index (κ3) is 3.88. The predicted octanol–water partition coefficient (Wildman–Crippen LogP) is 3.20. The van der Waals surface area contributed by atoms with Crippen molar-refractivity contribution in [2.45, 2.75) is 38.5 Å². The summed E-state index contributed by atoms with van der Waals surface area (Å²) in [6, 6.07) is 5.28. The standard InChI is InChI=1S/C21H26FN5O.HI/c1-2-24-21(27-11-15-16(12-27)20-6-5-19(15)28-20)25-10-14-3-4-18(17(22)9-14)26-8-7-23-13-26;/h3-4,7-9,13,15-16,19-20H,2,5-6,10-12H2,1H3,(H,24,25);1H. The number of aliphatic imine (C=N–C) groups is 1. The van der Waals surface area contributed by atoms with Crippen molar-refractivity contribution in [1.82, 2.24) is 19.8 Å². The first-order valence-electron chi connectivity index (χ1n) is 10.2. The van der Waals surface area contributed by atoms with Crippen molar-refractivity contribution in [3.8, 4) is 5.69 Å². The Morgan fingerprint density at radius 1 is 1.28 bits per heavy atom. The number of nitrogens with one attached hydrogen (secondary N) is 1. The van der Waals surface area contributed by atoms with Crippen LogP contribution in [0.5, 0.6) is 0 Å². The van der Waals surface area contributed by atoms with E-state index in [1.54, 1.807) is 35.4 Å².